The van der Waals surface area contributed by atoms with E-state index in [-0.39, 0.29) is 34.3 Å². The molecule has 2 aliphatic rings. The molecule has 0 amide bonds. The van der Waals surface area contributed by atoms with Gasteiger partial charge in [-0.25, -0.2) is 26.3 Å². The lowest BCUT2D eigenvalue weighted by Crippen LogP contribution is -2.44. The van der Waals surface area contributed by atoms with E-state index in [1.165, 1.54) is 24.3 Å². The molecule has 2 saturated carbocycles. The highest BCUT2D eigenvalue weighted by molar-refractivity contribution is 7.90. The highest BCUT2D eigenvalue weighted by Gasteiger charge is 2.30. The van der Waals surface area contributed by atoms with Crippen LogP contribution in [0.25, 0.3) is 0 Å². The molecule has 25 heavy (non-hydrogen) atoms. The van der Waals surface area contributed by atoms with E-state index in [1.54, 1.807) is 0 Å². The van der Waals surface area contributed by atoms with Gasteiger partial charge in [0.2, 0.25) is 20.0 Å². The molecule has 7 nitrogen and oxygen atoms in total. The van der Waals surface area contributed by atoms with Crippen molar-refractivity contribution in [1.82, 2.24) is 9.44 Å². The molecule has 0 spiro atoms. The Morgan fingerprint density at radius 3 is 2.16 bits per heavy atom. The van der Waals surface area contributed by atoms with Gasteiger partial charge in [-0.2, -0.15) is 0 Å². The summed E-state index contributed by atoms with van der Waals surface area (Å²) in [5.74, 6) is 0.239. The molecule has 1 unspecified atom stereocenters. The average Bonchev–Trinajstić information content (AvgIpc) is 3.21. The molecule has 2 aliphatic carbocycles. The first-order chi connectivity index (χ1) is 11.8. The third kappa shape index (κ3) is 4.59. The predicted octanol–water partition coefficient (Wildman–Crippen LogP) is 0.923. The largest absolute Gasteiger partial charge is 0.329 e. The Labute approximate surface area is 149 Å². The number of hydrogen-bond acceptors (Lipinski definition) is 5. The summed E-state index contributed by atoms with van der Waals surface area (Å²) in [5.41, 5.74) is 5.77. The van der Waals surface area contributed by atoms with Gasteiger partial charge in [0.05, 0.1) is 9.79 Å². The van der Waals surface area contributed by atoms with Crippen molar-refractivity contribution in [2.24, 2.45) is 11.7 Å². The van der Waals surface area contributed by atoms with Crippen LogP contribution in [0.1, 0.15) is 38.5 Å². The summed E-state index contributed by atoms with van der Waals surface area (Å²) < 4.78 is 55.2. The maximum atomic E-state index is 12.7. The Bertz CT molecular complexity index is 814. The van der Waals surface area contributed by atoms with Gasteiger partial charge in [-0.1, -0.05) is 18.9 Å². The molecule has 0 radical (unpaired) electrons. The van der Waals surface area contributed by atoms with Crippen LogP contribution in [0.4, 0.5) is 0 Å². The van der Waals surface area contributed by atoms with Crippen molar-refractivity contribution in [3.63, 3.8) is 0 Å². The van der Waals surface area contributed by atoms with Gasteiger partial charge < -0.3 is 5.73 Å². The lowest BCUT2D eigenvalue weighted by Gasteiger charge is -2.23. The summed E-state index contributed by atoms with van der Waals surface area (Å²) in [5, 5.41) is 0. The maximum absolute atomic E-state index is 12.7. The molecule has 0 aliphatic heterocycles. The van der Waals surface area contributed by atoms with Crippen LogP contribution in [-0.4, -0.2) is 35.5 Å². The molecule has 140 valence electrons. The fourth-order valence-electron chi connectivity index (χ4n) is 3.26. The zero-order chi connectivity index (χ0) is 18.1. The number of rotatable bonds is 8. The van der Waals surface area contributed by atoms with E-state index in [1.807, 2.05) is 0 Å². The highest BCUT2D eigenvalue weighted by Crippen LogP contribution is 2.28. The zero-order valence-electron chi connectivity index (χ0n) is 14.0. The van der Waals surface area contributed by atoms with Crippen LogP contribution < -0.4 is 15.2 Å². The predicted molar refractivity (Wildman–Crippen MR) is 94.9 cm³/mol. The molecule has 0 aromatic heterocycles. The van der Waals surface area contributed by atoms with E-state index in [0.29, 0.717) is 0 Å². The first-order valence-corrected chi connectivity index (χ1v) is 11.6. The fraction of sp³-hybridized carbons (Fsp3) is 0.625. The monoisotopic (exact) mass is 387 g/mol. The molecule has 0 heterocycles. The standard InChI is InChI=1S/C16H25N3O4S2/c17-11-16(12-4-1-2-5-12)19-25(22,23)15-7-3-6-14(10-15)24(20,21)18-13-8-9-13/h3,6-7,10,12-13,16,18-19H,1-2,4-5,8-9,11,17H2. The Hall–Kier alpha value is -1.00. The molecule has 0 bridgehead atoms. The van der Waals surface area contributed by atoms with Gasteiger partial charge >= 0.3 is 0 Å². The van der Waals surface area contributed by atoms with Gasteiger partial charge in [-0.15, -0.1) is 0 Å². The highest BCUT2D eigenvalue weighted by atomic mass is 32.2. The molecule has 4 N–H and O–H groups in total. The summed E-state index contributed by atoms with van der Waals surface area (Å²) >= 11 is 0. The van der Waals surface area contributed by atoms with E-state index in [2.05, 4.69) is 9.44 Å². The van der Waals surface area contributed by atoms with Gasteiger partial charge in [0.25, 0.3) is 0 Å². The fourth-order valence-corrected chi connectivity index (χ4v) is 6.05. The SMILES string of the molecule is NCC(NS(=O)(=O)c1cccc(S(=O)(=O)NC2CC2)c1)C1CCCC1. The summed E-state index contributed by atoms with van der Waals surface area (Å²) in [6.45, 7) is 0.227. The van der Waals surface area contributed by atoms with Crippen LogP contribution in [0.2, 0.25) is 0 Å². The first-order valence-electron chi connectivity index (χ1n) is 8.66. The second-order valence-corrected chi connectivity index (χ2v) is 10.3. The lowest BCUT2D eigenvalue weighted by molar-refractivity contribution is 0.405. The Morgan fingerprint density at radius 1 is 1.00 bits per heavy atom. The van der Waals surface area contributed by atoms with Crippen molar-refractivity contribution in [3.05, 3.63) is 24.3 Å². The quantitative estimate of drug-likeness (QED) is 0.613. The minimum absolute atomic E-state index is 0.0348. The molecule has 1 aromatic carbocycles. The summed E-state index contributed by atoms with van der Waals surface area (Å²) in [6.07, 6.45) is 5.73. The number of sulfonamides is 2. The van der Waals surface area contributed by atoms with E-state index >= 15 is 0 Å². The maximum Gasteiger partial charge on any atom is 0.240 e. The van der Waals surface area contributed by atoms with Gasteiger partial charge in [0.15, 0.2) is 0 Å². The van der Waals surface area contributed by atoms with Crippen LogP contribution in [0.3, 0.4) is 0 Å². The van der Waals surface area contributed by atoms with Crippen LogP contribution in [0, 0.1) is 5.92 Å². The molecule has 1 aromatic rings. The van der Waals surface area contributed by atoms with Crippen LogP contribution in [-0.2, 0) is 20.0 Å². The molecule has 3 rings (SSSR count). The smallest absolute Gasteiger partial charge is 0.240 e. The van der Waals surface area contributed by atoms with Crippen LogP contribution >= 0.6 is 0 Å². The van der Waals surface area contributed by atoms with Gasteiger partial charge in [0.1, 0.15) is 0 Å². The summed E-state index contributed by atoms with van der Waals surface area (Å²) in [7, 11) is -7.52. The molecule has 0 saturated heterocycles. The minimum atomic E-state index is -3.83. The van der Waals surface area contributed by atoms with E-state index in [9.17, 15) is 16.8 Å². The van der Waals surface area contributed by atoms with Gasteiger partial charge in [-0.3, -0.25) is 0 Å². The summed E-state index contributed by atoms with van der Waals surface area (Å²) in [4.78, 5) is -0.0879. The van der Waals surface area contributed by atoms with E-state index in [0.717, 1.165) is 38.5 Å². The molecular weight excluding hydrogens is 362 g/mol. The minimum Gasteiger partial charge on any atom is -0.329 e. The van der Waals surface area contributed by atoms with Crippen molar-refractivity contribution in [1.29, 1.82) is 0 Å². The van der Waals surface area contributed by atoms with Gasteiger partial charge in [0, 0.05) is 18.6 Å². The van der Waals surface area contributed by atoms with Crippen molar-refractivity contribution >= 4 is 20.0 Å². The second kappa shape index (κ2) is 7.32. The Morgan fingerprint density at radius 2 is 1.60 bits per heavy atom. The van der Waals surface area contributed by atoms with E-state index in [4.69, 9.17) is 5.73 Å². The van der Waals surface area contributed by atoms with Crippen molar-refractivity contribution in [3.8, 4) is 0 Å². The van der Waals surface area contributed by atoms with Crippen molar-refractivity contribution in [2.75, 3.05) is 6.54 Å². The molecular formula is C16H25N3O4S2. The summed E-state index contributed by atoms with van der Waals surface area (Å²) in [6, 6.07) is 5.10. The molecule has 9 heteroatoms. The lowest BCUT2D eigenvalue weighted by atomic mass is 9.99. The third-order valence-electron chi connectivity index (χ3n) is 4.85. The molecule has 2 fully saturated rings. The first kappa shape index (κ1) is 18.8. The molecule has 1 atom stereocenters. The average molecular weight is 388 g/mol. The van der Waals surface area contributed by atoms with Crippen molar-refractivity contribution in [2.45, 2.75) is 60.4 Å². The Kier molecular flexibility index (Phi) is 5.50. The topological polar surface area (TPSA) is 118 Å². The third-order valence-corrected chi connectivity index (χ3v) is 7.86. The second-order valence-electron chi connectivity index (χ2n) is 6.88. The van der Waals surface area contributed by atoms with E-state index < -0.39 is 20.0 Å². The normalized spacial score (nSPS) is 20.7. The number of benzene rings is 1. The van der Waals surface area contributed by atoms with Crippen LogP contribution in [0.15, 0.2) is 34.1 Å². The van der Waals surface area contributed by atoms with Crippen molar-refractivity contribution < 1.29 is 16.8 Å². The van der Waals surface area contributed by atoms with Gasteiger partial charge in [-0.05, 0) is 49.8 Å². The number of nitrogens with one attached hydrogen (secondary N) is 2. The number of hydrogen-bond donors (Lipinski definition) is 3. The number of nitrogens with two attached hydrogens (primary N) is 1. The zero-order valence-corrected chi connectivity index (χ0v) is 15.7. The Balaban J connectivity index is 1.80. The van der Waals surface area contributed by atoms with Crippen LogP contribution in [0.5, 0.6) is 0 Å².